The van der Waals surface area contributed by atoms with E-state index in [9.17, 15) is 22.0 Å². The maximum absolute atomic E-state index is 13.2. The third-order valence-electron chi connectivity index (χ3n) is 3.58. The summed E-state index contributed by atoms with van der Waals surface area (Å²) in [7, 11) is 0. The average Bonchev–Trinajstić information content (AvgIpc) is 2.35. The van der Waals surface area contributed by atoms with Crippen LogP contribution in [0.4, 0.5) is 22.0 Å². The molecule has 0 bridgehead atoms. The van der Waals surface area contributed by atoms with Crippen molar-refractivity contribution in [2.24, 2.45) is 5.92 Å². The Hall–Kier alpha value is 0.380. The van der Waals surface area contributed by atoms with Crippen molar-refractivity contribution in [3.05, 3.63) is 0 Å². The third kappa shape index (κ3) is 6.89. The lowest BCUT2D eigenvalue weighted by molar-refractivity contribution is -0.300. The van der Waals surface area contributed by atoms with Crippen molar-refractivity contribution in [3.63, 3.8) is 0 Å². The lowest BCUT2D eigenvalue weighted by Gasteiger charge is -2.29. The predicted molar refractivity (Wildman–Crippen MR) is 80.6 cm³/mol. The minimum absolute atomic E-state index is 0.418. The van der Waals surface area contributed by atoms with Gasteiger partial charge in [-0.3, -0.25) is 0 Å². The first kappa shape index (κ1) is 20.4. The van der Waals surface area contributed by atoms with E-state index in [0.29, 0.717) is 6.42 Å². The quantitative estimate of drug-likeness (QED) is 0.160. The summed E-state index contributed by atoms with van der Waals surface area (Å²) in [5.74, 6) is -6.27. The van der Waals surface area contributed by atoms with E-state index in [1.807, 2.05) is 0 Å². The standard InChI is InChI=1S/C14H24F5I/c1-3-4-5-6-7-8-9-10-12(20)11(2)13(15,16)14(17,18)19/h11-12H,3-10H2,1-2H3. The van der Waals surface area contributed by atoms with Gasteiger partial charge in [-0.15, -0.1) is 0 Å². The molecule has 2 atom stereocenters. The minimum Gasteiger partial charge on any atom is -0.196 e. The Morgan fingerprint density at radius 3 is 1.75 bits per heavy atom. The zero-order valence-electron chi connectivity index (χ0n) is 12.1. The molecule has 0 nitrogen and oxygen atoms in total. The molecule has 2 unspecified atom stereocenters. The first-order valence-electron chi connectivity index (χ1n) is 7.23. The molecule has 0 saturated heterocycles. The lowest BCUT2D eigenvalue weighted by Crippen LogP contribution is -2.45. The summed E-state index contributed by atoms with van der Waals surface area (Å²) in [5, 5.41) is 0. The molecular weight excluding hydrogens is 390 g/mol. The first-order chi connectivity index (χ1) is 9.14. The Bertz CT molecular complexity index is 252. The van der Waals surface area contributed by atoms with Crippen molar-refractivity contribution in [1.82, 2.24) is 0 Å². The fourth-order valence-electron chi connectivity index (χ4n) is 2.03. The summed E-state index contributed by atoms with van der Waals surface area (Å²) in [6.45, 7) is 3.12. The van der Waals surface area contributed by atoms with Crippen molar-refractivity contribution in [3.8, 4) is 0 Å². The van der Waals surface area contributed by atoms with Gasteiger partial charge in [-0.1, -0.05) is 81.4 Å². The van der Waals surface area contributed by atoms with E-state index in [1.54, 1.807) is 22.6 Å². The zero-order valence-corrected chi connectivity index (χ0v) is 14.2. The smallest absolute Gasteiger partial charge is 0.196 e. The Labute approximate surface area is 132 Å². The lowest BCUT2D eigenvalue weighted by atomic mass is 9.95. The average molecular weight is 414 g/mol. The van der Waals surface area contributed by atoms with Crippen LogP contribution in [-0.4, -0.2) is 16.0 Å². The maximum atomic E-state index is 13.2. The molecule has 0 aromatic rings. The molecule has 0 spiro atoms. The first-order valence-corrected chi connectivity index (χ1v) is 8.47. The second-order valence-corrected chi connectivity index (χ2v) is 6.94. The predicted octanol–water partition coefficient (Wildman–Crippen LogP) is 6.76. The molecule has 20 heavy (non-hydrogen) atoms. The van der Waals surface area contributed by atoms with Crippen LogP contribution in [0.5, 0.6) is 0 Å². The highest BCUT2D eigenvalue weighted by atomic mass is 127. The number of hydrogen-bond donors (Lipinski definition) is 0. The summed E-state index contributed by atoms with van der Waals surface area (Å²) in [5.41, 5.74) is 0. The molecule has 0 aliphatic rings. The number of unbranched alkanes of at least 4 members (excludes halogenated alkanes) is 6. The largest absolute Gasteiger partial charge is 0.453 e. The molecule has 0 radical (unpaired) electrons. The van der Waals surface area contributed by atoms with Gasteiger partial charge in [-0.05, 0) is 6.42 Å². The number of alkyl halides is 6. The van der Waals surface area contributed by atoms with E-state index < -0.39 is 21.9 Å². The molecule has 0 saturated carbocycles. The molecule has 0 fully saturated rings. The molecule has 0 heterocycles. The SMILES string of the molecule is CCCCCCCCCC(I)C(C)C(F)(F)C(F)(F)F. The van der Waals surface area contributed by atoms with Crippen molar-refractivity contribution in [2.75, 3.05) is 0 Å². The van der Waals surface area contributed by atoms with Crippen LogP contribution in [0.25, 0.3) is 0 Å². The maximum Gasteiger partial charge on any atom is 0.453 e. The van der Waals surface area contributed by atoms with Crippen LogP contribution in [0.2, 0.25) is 0 Å². The van der Waals surface area contributed by atoms with E-state index in [4.69, 9.17) is 0 Å². The summed E-state index contributed by atoms with van der Waals surface area (Å²) in [6, 6.07) is 0. The van der Waals surface area contributed by atoms with Crippen LogP contribution < -0.4 is 0 Å². The highest BCUT2D eigenvalue weighted by Gasteiger charge is 2.61. The highest BCUT2D eigenvalue weighted by Crippen LogP contribution is 2.44. The van der Waals surface area contributed by atoms with Gasteiger partial charge < -0.3 is 0 Å². The van der Waals surface area contributed by atoms with Crippen molar-refractivity contribution in [1.29, 1.82) is 0 Å². The fourth-order valence-corrected chi connectivity index (χ4v) is 2.92. The molecule has 6 heteroatoms. The zero-order chi connectivity index (χ0) is 15.8. The Morgan fingerprint density at radius 1 is 0.850 bits per heavy atom. The van der Waals surface area contributed by atoms with Crippen molar-refractivity contribution >= 4 is 22.6 Å². The van der Waals surface area contributed by atoms with Gasteiger partial charge in [0, 0.05) is 9.84 Å². The molecule has 0 aromatic heterocycles. The summed E-state index contributed by atoms with van der Waals surface area (Å²) in [4.78, 5) is 0. The summed E-state index contributed by atoms with van der Waals surface area (Å²) in [6.07, 6.45) is 2.29. The molecule has 122 valence electrons. The summed E-state index contributed by atoms with van der Waals surface area (Å²) < 4.78 is 62.4. The Kier molecular flexibility index (Phi) is 9.59. The molecule has 0 aliphatic heterocycles. The Morgan fingerprint density at radius 2 is 1.30 bits per heavy atom. The van der Waals surface area contributed by atoms with Crippen LogP contribution in [0.3, 0.4) is 0 Å². The van der Waals surface area contributed by atoms with Gasteiger partial charge in [0.15, 0.2) is 0 Å². The number of halogens is 6. The van der Waals surface area contributed by atoms with Gasteiger partial charge in [0.1, 0.15) is 0 Å². The van der Waals surface area contributed by atoms with Gasteiger partial charge in [-0.2, -0.15) is 22.0 Å². The highest BCUT2D eigenvalue weighted by molar-refractivity contribution is 14.1. The van der Waals surface area contributed by atoms with Gasteiger partial charge in [0.2, 0.25) is 0 Å². The monoisotopic (exact) mass is 414 g/mol. The van der Waals surface area contributed by atoms with E-state index in [0.717, 1.165) is 32.6 Å². The number of hydrogen-bond acceptors (Lipinski definition) is 0. The van der Waals surface area contributed by atoms with Crippen LogP contribution in [0.1, 0.15) is 65.2 Å². The molecule has 0 N–H and O–H groups in total. The topological polar surface area (TPSA) is 0 Å². The van der Waals surface area contributed by atoms with Crippen molar-refractivity contribution < 1.29 is 22.0 Å². The van der Waals surface area contributed by atoms with E-state index in [-0.39, 0.29) is 0 Å². The van der Waals surface area contributed by atoms with Gasteiger partial charge >= 0.3 is 12.1 Å². The van der Waals surface area contributed by atoms with E-state index in [1.165, 1.54) is 19.3 Å². The van der Waals surface area contributed by atoms with E-state index >= 15 is 0 Å². The van der Waals surface area contributed by atoms with Gasteiger partial charge in [0.05, 0.1) is 0 Å². The van der Waals surface area contributed by atoms with Gasteiger partial charge in [0.25, 0.3) is 0 Å². The van der Waals surface area contributed by atoms with Gasteiger partial charge in [-0.25, -0.2) is 0 Å². The molecule has 0 rings (SSSR count). The fraction of sp³-hybridized carbons (Fsp3) is 1.00. The second kappa shape index (κ2) is 9.41. The van der Waals surface area contributed by atoms with Crippen LogP contribution in [-0.2, 0) is 0 Å². The number of rotatable bonds is 10. The third-order valence-corrected chi connectivity index (χ3v) is 5.28. The molecule has 0 aromatic carbocycles. The minimum atomic E-state index is -5.45. The molecular formula is C14H24F5I. The van der Waals surface area contributed by atoms with E-state index in [2.05, 4.69) is 6.92 Å². The summed E-state index contributed by atoms with van der Waals surface area (Å²) >= 11 is 1.73. The van der Waals surface area contributed by atoms with Crippen LogP contribution in [0.15, 0.2) is 0 Å². The molecule has 0 amide bonds. The second-order valence-electron chi connectivity index (χ2n) is 5.34. The van der Waals surface area contributed by atoms with Crippen molar-refractivity contribution in [2.45, 2.75) is 81.2 Å². The Balaban J connectivity index is 3.95. The molecule has 0 aliphatic carbocycles. The van der Waals surface area contributed by atoms with Crippen LogP contribution >= 0.6 is 22.6 Å². The van der Waals surface area contributed by atoms with Crippen LogP contribution in [0, 0.1) is 5.92 Å². The normalized spacial score (nSPS) is 16.2.